The average Bonchev–Trinajstić information content (AvgIpc) is 1.07. The van der Waals surface area contributed by atoms with Crippen molar-refractivity contribution in [2.24, 2.45) is 0 Å². The molecule has 0 unspecified atom stereocenters. The normalized spacial score (nSPS) is 13.1. The van der Waals surface area contributed by atoms with Gasteiger partial charge < -0.3 is 18.8 Å². The topological polar surface area (TPSA) is 24.6 Å². The van der Waals surface area contributed by atoms with E-state index in [9.17, 15) is 0 Å². The van der Waals surface area contributed by atoms with Crippen LogP contribution in [0.1, 0.15) is 48.6 Å². The summed E-state index contributed by atoms with van der Waals surface area (Å²) >= 11 is 0. The van der Waals surface area contributed by atoms with Crippen LogP contribution in [0.3, 0.4) is 0 Å². The fourth-order valence-electron chi connectivity index (χ4n) is 20.1. The second-order valence-corrected chi connectivity index (χ2v) is 32.9. The molecule has 0 spiro atoms. The van der Waals surface area contributed by atoms with Gasteiger partial charge >= 0.3 is 0 Å². The Kier molecular flexibility index (Phi) is 15.9. The first-order valence-corrected chi connectivity index (χ1v) is 41.1. The number of nitrogens with zero attached hydrogens (tertiary/aromatic N) is 3. The Bertz CT molecular complexity index is 7220. The van der Waals surface area contributed by atoms with E-state index >= 15 is 0 Å². The van der Waals surface area contributed by atoms with Gasteiger partial charge in [-0.3, -0.25) is 0 Å². The van der Waals surface area contributed by atoms with E-state index in [0.29, 0.717) is 0 Å². The standard InChI is InChI=1S/C113H78BN3O/c1-112(2,3)84-68-105-108-106(69-84)117(110-93(77-43-20-8-21-44-77)65-81(74-37-14-5-15-38-74)66-94(110)78-45-22-9-23-46-78)104-70-85(115-101-57-32-29-52-88(101)96-71-95-87-51-28-31-56-97(87)113(98(95)72-103(96)115,82-47-24-10-25-48-82)83-49-26-11-27-50-83)60-61-99(104)114(108)100-67-79(86-54-34-55-90-89-53-30-33-58-107(89)118-111(86)90)59-62-102(100)116(105)109-91(75-39-16-6-17-40-75)63-80(73-35-12-4-13-36-73)64-92(109)76-41-18-7-19-42-76/h4-72H,1-3H3. The average molecular weight is 1500 g/mol. The maximum Gasteiger partial charge on any atom is 0.252 e. The molecule has 4 nitrogen and oxygen atoms in total. The monoisotopic (exact) mass is 1500 g/mol. The number of rotatable bonds is 12. The van der Waals surface area contributed by atoms with Crippen LogP contribution in [0.25, 0.3) is 138 Å². The zero-order valence-corrected chi connectivity index (χ0v) is 65.7. The van der Waals surface area contributed by atoms with Crippen molar-refractivity contribution in [3.05, 3.63) is 446 Å². The van der Waals surface area contributed by atoms with Crippen LogP contribution in [0.15, 0.2) is 423 Å². The molecule has 118 heavy (non-hydrogen) atoms. The van der Waals surface area contributed by atoms with E-state index in [1.807, 2.05) is 0 Å². The van der Waals surface area contributed by atoms with E-state index in [-0.39, 0.29) is 12.1 Å². The first-order valence-electron chi connectivity index (χ1n) is 41.1. The van der Waals surface area contributed by atoms with Crippen LogP contribution in [0.2, 0.25) is 0 Å². The minimum Gasteiger partial charge on any atom is -0.455 e. The van der Waals surface area contributed by atoms with Crippen molar-refractivity contribution in [1.82, 2.24) is 4.57 Å². The lowest BCUT2D eigenvalue weighted by molar-refractivity contribution is 0.590. The summed E-state index contributed by atoms with van der Waals surface area (Å²) in [6, 6.07) is 157. The van der Waals surface area contributed by atoms with E-state index in [2.05, 4.69) is 454 Å². The van der Waals surface area contributed by atoms with Gasteiger partial charge in [0, 0.05) is 77.8 Å². The number of fused-ring (bicyclic) bond motifs is 13. The second kappa shape index (κ2) is 27.2. The van der Waals surface area contributed by atoms with Crippen molar-refractivity contribution in [3.8, 4) is 94.7 Å². The molecule has 554 valence electrons. The largest absolute Gasteiger partial charge is 0.455 e. The molecule has 0 N–H and O–H groups in total. The minimum absolute atomic E-state index is 0.342. The highest BCUT2D eigenvalue weighted by molar-refractivity contribution is 7.00. The fraction of sp³-hybridized carbons (Fsp3) is 0.0442. The molecule has 2 aromatic heterocycles. The Morgan fingerprint density at radius 1 is 0.271 bits per heavy atom. The van der Waals surface area contributed by atoms with E-state index in [1.54, 1.807) is 0 Å². The van der Waals surface area contributed by atoms with E-state index in [1.165, 1.54) is 66.1 Å². The molecule has 20 aromatic rings. The van der Waals surface area contributed by atoms with Gasteiger partial charge in [-0.2, -0.15) is 0 Å². The summed E-state index contributed by atoms with van der Waals surface area (Å²) in [5, 5.41) is 4.58. The third kappa shape index (κ3) is 10.7. The number of anilines is 6. The molecule has 0 saturated carbocycles. The molecule has 0 atom stereocenters. The first kappa shape index (κ1) is 68.8. The Morgan fingerprint density at radius 2 is 0.729 bits per heavy atom. The summed E-state index contributed by atoms with van der Waals surface area (Å²) in [6.07, 6.45) is 0. The van der Waals surface area contributed by atoms with E-state index in [0.717, 1.165) is 151 Å². The van der Waals surface area contributed by atoms with Crippen LogP contribution >= 0.6 is 0 Å². The Balaban J connectivity index is 0.881. The van der Waals surface area contributed by atoms with Gasteiger partial charge in [-0.25, -0.2) is 0 Å². The molecule has 5 heteroatoms. The van der Waals surface area contributed by atoms with Gasteiger partial charge in [0.1, 0.15) is 11.2 Å². The molecule has 3 aliphatic rings. The fourth-order valence-corrected chi connectivity index (χ4v) is 20.1. The summed E-state index contributed by atoms with van der Waals surface area (Å²) in [5.41, 5.74) is 38.5. The molecule has 4 heterocycles. The molecule has 2 aliphatic heterocycles. The summed E-state index contributed by atoms with van der Waals surface area (Å²) in [5.74, 6) is 0. The highest BCUT2D eigenvalue weighted by Crippen LogP contribution is 2.60. The molecule has 0 fully saturated rings. The van der Waals surface area contributed by atoms with Crippen molar-refractivity contribution >= 4 is 101 Å². The van der Waals surface area contributed by atoms with Crippen LogP contribution in [0, 0.1) is 0 Å². The number of hydrogen-bond donors (Lipinski definition) is 0. The summed E-state index contributed by atoms with van der Waals surface area (Å²) in [4.78, 5) is 5.43. The number of hydrogen-bond acceptors (Lipinski definition) is 3. The van der Waals surface area contributed by atoms with Gasteiger partial charge in [-0.05, 0) is 190 Å². The lowest BCUT2D eigenvalue weighted by Crippen LogP contribution is -2.61. The molecule has 0 radical (unpaired) electrons. The number of benzene rings is 18. The van der Waals surface area contributed by atoms with Gasteiger partial charge in [0.25, 0.3) is 6.71 Å². The highest BCUT2D eigenvalue weighted by atomic mass is 16.3. The van der Waals surface area contributed by atoms with Crippen LogP contribution in [0.5, 0.6) is 0 Å². The Labute approximate surface area is 687 Å². The number of aromatic nitrogens is 1. The number of para-hydroxylation sites is 3. The Morgan fingerprint density at radius 3 is 1.27 bits per heavy atom. The maximum absolute atomic E-state index is 7.07. The zero-order valence-electron chi connectivity index (χ0n) is 65.7. The molecule has 1 aliphatic carbocycles. The first-order chi connectivity index (χ1) is 58.2. The van der Waals surface area contributed by atoms with Gasteiger partial charge in [0.15, 0.2) is 0 Å². The maximum atomic E-state index is 7.07. The predicted octanol–water partition coefficient (Wildman–Crippen LogP) is 28.1. The molecule has 18 aromatic carbocycles. The molecular weight excluding hydrogens is 1430 g/mol. The van der Waals surface area contributed by atoms with Gasteiger partial charge in [-0.15, -0.1) is 0 Å². The summed E-state index contributed by atoms with van der Waals surface area (Å²) in [7, 11) is 0. The SMILES string of the molecule is CC(C)(C)c1cc2c3c(c1)N(c1c(-c4ccccc4)cc(-c4ccccc4)cc1-c1ccccc1)c1cc(-n4c5ccccc5c5cc6c(cc54)C(c4ccccc4)(c4ccccc4)c4ccccc4-6)ccc1B3c1cc(-c3cccc4c3oc3ccccc34)ccc1N2c1c(-c2ccccc2)cc(-c2ccccc2)cc1-c1ccccc1. The van der Waals surface area contributed by atoms with E-state index < -0.39 is 5.41 Å². The predicted molar refractivity (Wildman–Crippen MR) is 496 cm³/mol. The van der Waals surface area contributed by atoms with Crippen molar-refractivity contribution in [1.29, 1.82) is 0 Å². The summed E-state index contributed by atoms with van der Waals surface area (Å²) in [6.45, 7) is 6.84. The zero-order chi connectivity index (χ0) is 78.3. The summed E-state index contributed by atoms with van der Waals surface area (Å²) < 4.78 is 9.66. The minimum atomic E-state index is -0.638. The van der Waals surface area contributed by atoms with Gasteiger partial charge in [0.2, 0.25) is 0 Å². The molecule has 0 amide bonds. The quantitative estimate of drug-likeness (QED) is 0.114. The molecular formula is C113H78BN3O. The lowest BCUT2D eigenvalue weighted by Gasteiger charge is -2.46. The van der Waals surface area contributed by atoms with E-state index in [4.69, 9.17) is 4.42 Å². The van der Waals surface area contributed by atoms with Crippen LogP contribution < -0.4 is 26.2 Å². The number of furan rings is 1. The van der Waals surface area contributed by atoms with Crippen molar-refractivity contribution < 1.29 is 4.42 Å². The van der Waals surface area contributed by atoms with Crippen LogP contribution in [0.4, 0.5) is 34.1 Å². The van der Waals surface area contributed by atoms with Gasteiger partial charge in [0.05, 0.1) is 27.8 Å². The smallest absolute Gasteiger partial charge is 0.252 e. The second-order valence-electron chi connectivity index (χ2n) is 32.9. The molecule has 0 saturated heterocycles. The third-order valence-corrected chi connectivity index (χ3v) is 25.4. The van der Waals surface area contributed by atoms with Crippen molar-refractivity contribution in [2.45, 2.75) is 31.6 Å². The van der Waals surface area contributed by atoms with Crippen molar-refractivity contribution in [2.75, 3.05) is 9.80 Å². The Hall–Kier alpha value is -14.8. The molecule has 23 rings (SSSR count). The van der Waals surface area contributed by atoms with Crippen LogP contribution in [-0.2, 0) is 10.8 Å². The molecule has 0 bridgehead atoms. The van der Waals surface area contributed by atoms with Gasteiger partial charge in [-0.1, -0.05) is 360 Å². The van der Waals surface area contributed by atoms with Crippen molar-refractivity contribution in [3.63, 3.8) is 0 Å². The third-order valence-electron chi connectivity index (χ3n) is 25.4. The lowest BCUT2D eigenvalue weighted by atomic mass is 9.33. The highest BCUT2D eigenvalue weighted by Gasteiger charge is 2.49. The van der Waals surface area contributed by atoms with Crippen LogP contribution in [-0.4, -0.2) is 11.3 Å².